The van der Waals surface area contributed by atoms with Gasteiger partial charge in [0.25, 0.3) is 5.91 Å². The van der Waals surface area contributed by atoms with Crippen LogP contribution in [0.3, 0.4) is 0 Å². The van der Waals surface area contributed by atoms with Crippen LogP contribution in [0.4, 0.5) is 0 Å². The summed E-state index contributed by atoms with van der Waals surface area (Å²) in [5.41, 5.74) is 2.65. The molecule has 1 aromatic carbocycles. The molecule has 8 nitrogen and oxygen atoms in total. The highest BCUT2D eigenvalue weighted by molar-refractivity contribution is 5.94. The number of amides is 1. The standard InChI is InChI=1S/C24H25N5O3/c1-29-22(13-21(28-29)17-4-3-5-20(12-17)31-2)24(30)27-18-7-9-19(10-8-18)32-23-11-6-16(14-25)15-26-23/h3-6,11-13,15,18-19H,7-10H2,1-2H3,(H,27,30). The van der Waals surface area contributed by atoms with E-state index in [1.165, 1.54) is 6.20 Å². The van der Waals surface area contributed by atoms with Gasteiger partial charge in [-0.05, 0) is 49.9 Å². The summed E-state index contributed by atoms with van der Waals surface area (Å²) in [5.74, 6) is 1.14. The van der Waals surface area contributed by atoms with Gasteiger partial charge in [-0.2, -0.15) is 10.4 Å². The molecular weight excluding hydrogens is 406 g/mol. The van der Waals surface area contributed by atoms with Gasteiger partial charge in [0.1, 0.15) is 23.6 Å². The van der Waals surface area contributed by atoms with E-state index in [1.807, 2.05) is 30.3 Å². The summed E-state index contributed by atoms with van der Waals surface area (Å²) in [4.78, 5) is 17.0. The average molecular weight is 431 g/mol. The molecule has 32 heavy (non-hydrogen) atoms. The number of ether oxygens (including phenoxy) is 2. The predicted molar refractivity (Wildman–Crippen MR) is 118 cm³/mol. The first-order valence-corrected chi connectivity index (χ1v) is 10.6. The number of carbonyl (C=O) groups excluding carboxylic acids is 1. The minimum atomic E-state index is -0.132. The molecule has 8 heteroatoms. The number of nitriles is 1. The summed E-state index contributed by atoms with van der Waals surface area (Å²) in [6.07, 6.45) is 4.87. The van der Waals surface area contributed by atoms with Crippen molar-refractivity contribution in [1.29, 1.82) is 5.26 Å². The van der Waals surface area contributed by atoms with E-state index < -0.39 is 0 Å². The summed E-state index contributed by atoms with van der Waals surface area (Å²) < 4.78 is 12.8. The second-order valence-electron chi connectivity index (χ2n) is 7.83. The van der Waals surface area contributed by atoms with Crippen LogP contribution in [0.25, 0.3) is 11.3 Å². The van der Waals surface area contributed by atoms with Gasteiger partial charge in [0.05, 0.1) is 18.4 Å². The molecule has 0 unspecified atom stereocenters. The molecule has 1 N–H and O–H groups in total. The average Bonchev–Trinajstić information content (AvgIpc) is 3.22. The molecule has 1 aliphatic rings. The third-order valence-corrected chi connectivity index (χ3v) is 5.64. The topological polar surface area (TPSA) is 102 Å². The first kappa shape index (κ1) is 21.4. The van der Waals surface area contributed by atoms with Crippen molar-refractivity contribution in [3.8, 4) is 29.0 Å². The smallest absolute Gasteiger partial charge is 0.269 e. The molecule has 0 atom stereocenters. The molecule has 0 spiro atoms. The molecule has 1 aliphatic carbocycles. The van der Waals surface area contributed by atoms with E-state index in [1.54, 1.807) is 37.0 Å². The highest BCUT2D eigenvalue weighted by atomic mass is 16.5. The number of hydrogen-bond donors (Lipinski definition) is 1. The zero-order chi connectivity index (χ0) is 22.5. The van der Waals surface area contributed by atoms with Gasteiger partial charge < -0.3 is 14.8 Å². The molecule has 2 heterocycles. The van der Waals surface area contributed by atoms with Gasteiger partial charge in [-0.1, -0.05) is 12.1 Å². The summed E-state index contributed by atoms with van der Waals surface area (Å²) in [5, 5.41) is 16.5. The number of carbonyl (C=O) groups is 1. The molecule has 1 amide bonds. The largest absolute Gasteiger partial charge is 0.497 e. The van der Waals surface area contributed by atoms with Crippen LogP contribution in [0.2, 0.25) is 0 Å². The van der Waals surface area contributed by atoms with Crippen molar-refractivity contribution >= 4 is 5.91 Å². The SMILES string of the molecule is COc1cccc(-c2cc(C(=O)NC3CCC(Oc4ccc(C#N)cn4)CC3)n(C)n2)c1. The molecule has 2 aromatic heterocycles. The van der Waals surface area contributed by atoms with Gasteiger partial charge in [-0.15, -0.1) is 0 Å². The molecule has 0 bridgehead atoms. The number of rotatable bonds is 6. The number of nitrogens with one attached hydrogen (secondary N) is 1. The van der Waals surface area contributed by atoms with Gasteiger partial charge in [0, 0.05) is 30.9 Å². The van der Waals surface area contributed by atoms with Crippen molar-refractivity contribution in [2.24, 2.45) is 7.05 Å². The Morgan fingerprint density at radius 3 is 2.69 bits per heavy atom. The minimum Gasteiger partial charge on any atom is -0.497 e. The second-order valence-corrected chi connectivity index (χ2v) is 7.83. The van der Waals surface area contributed by atoms with E-state index in [-0.39, 0.29) is 18.1 Å². The summed E-state index contributed by atoms with van der Waals surface area (Å²) in [6, 6.07) is 15.0. The molecule has 0 saturated heterocycles. The highest BCUT2D eigenvalue weighted by Gasteiger charge is 2.25. The molecule has 1 saturated carbocycles. The lowest BCUT2D eigenvalue weighted by Crippen LogP contribution is -2.40. The van der Waals surface area contributed by atoms with Gasteiger partial charge in [-0.3, -0.25) is 9.48 Å². The zero-order valence-electron chi connectivity index (χ0n) is 18.1. The Bertz CT molecular complexity index is 1130. The Hall–Kier alpha value is -3.86. The maximum atomic E-state index is 12.9. The number of methoxy groups -OCH3 is 1. The van der Waals surface area contributed by atoms with E-state index in [4.69, 9.17) is 14.7 Å². The maximum Gasteiger partial charge on any atom is 0.269 e. The zero-order valence-corrected chi connectivity index (χ0v) is 18.1. The van der Waals surface area contributed by atoms with Crippen molar-refractivity contribution in [2.75, 3.05) is 7.11 Å². The Morgan fingerprint density at radius 1 is 1.19 bits per heavy atom. The molecule has 1 fully saturated rings. The van der Waals surface area contributed by atoms with Crippen LogP contribution in [-0.4, -0.2) is 39.9 Å². The van der Waals surface area contributed by atoms with Gasteiger partial charge in [0.15, 0.2) is 0 Å². The lowest BCUT2D eigenvalue weighted by Gasteiger charge is -2.29. The lowest BCUT2D eigenvalue weighted by molar-refractivity contribution is 0.0881. The van der Waals surface area contributed by atoms with E-state index in [0.29, 0.717) is 17.1 Å². The Kier molecular flexibility index (Phi) is 6.36. The Labute approximate surface area is 186 Å². The van der Waals surface area contributed by atoms with E-state index in [2.05, 4.69) is 15.4 Å². The van der Waals surface area contributed by atoms with Crippen molar-refractivity contribution < 1.29 is 14.3 Å². The quantitative estimate of drug-likeness (QED) is 0.641. The molecular formula is C24H25N5O3. The molecule has 0 aliphatic heterocycles. The van der Waals surface area contributed by atoms with Crippen molar-refractivity contribution in [1.82, 2.24) is 20.1 Å². The van der Waals surface area contributed by atoms with Crippen molar-refractivity contribution in [2.45, 2.75) is 37.8 Å². The number of pyridine rings is 1. The molecule has 164 valence electrons. The normalized spacial score (nSPS) is 17.9. The first-order valence-electron chi connectivity index (χ1n) is 10.6. The third-order valence-electron chi connectivity index (χ3n) is 5.64. The number of benzene rings is 1. The minimum absolute atomic E-state index is 0.0555. The lowest BCUT2D eigenvalue weighted by atomic mass is 9.93. The summed E-state index contributed by atoms with van der Waals surface area (Å²) >= 11 is 0. The van der Waals surface area contributed by atoms with Crippen molar-refractivity contribution in [3.05, 3.63) is 59.9 Å². The van der Waals surface area contributed by atoms with Crippen LogP contribution in [0, 0.1) is 11.3 Å². The fourth-order valence-corrected chi connectivity index (χ4v) is 3.87. The number of aromatic nitrogens is 3. The van der Waals surface area contributed by atoms with E-state index in [9.17, 15) is 4.79 Å². The van der Waals surface area contributed by atoms with Crippen LogP contribution >= 0.6 is 0 Å². The van der Waals surface area contributed by atoms with Gasteiger partial charge in [0.2, 0.25) is 5.88 Å². The monoisotopic (exact) mass is 431 g/mol. The predicted octanol–water partition coefficient (Wildman–Crippen LogP) is 3.48. The maximum absolute atomic E-state index is 12.9. The highest BCUT2D eigenvalue weighted by Crippen LogP contribution is 2.25. The van der Waals surface area contributed by atoms with Crippen LogP contribution in [0.1, 0.15) is 41.7 Å². The van der Waals surface area contributed by atoms with E-state index in [0.717, 1.165) is 42.7 Å². The Balaban J connectivity index is 1.33. The number of hydrogen-bond acceptors (Lipinski definition) is 6. The van der Waals surface area contributed by atoms with Crippen LogP contribution < -0.4 is 14.8 Å². The number of nitrogens with zero attached hydrogens (tertiary/aromatic N) is 4. The van der Waals surface area contributed by atoms with Crippen LogP contribution in [0.5, 0.6) is 11.6 Å². The molecule has 4 rings (SSSR count). The van der Waals surface area contributed by atoms with Crippen LogP contribution in [0.15, 0.2) is 48.7 Å². The van der Waals surface area contributed by atoms with Crippen molar-refractivity contribution in [3.63, 3.8) is 0 Å². The fraction of sp³-hybridized carbons (Fsp3) is 0.333. The molecule has 0 radical (unpaired) electrons. The number of aryl methyl sites for hydroxylation is 1. The van der Waals surface area contributed by atoms with Gasteiger partial charge >= 0.3 is 0 Å². The second kappa shape index (κ2) is 9.52. The van der Waals surface area contributed by atoms with Gasteiger partial charge in [-0.25, -0.2) is 4.98 Å². The molecule has 3 aromatic rings. The third kappa shape index (κ3) is 4.89. The summed E-state index contributed by atoms with van der Waals surface area (Å²) in [6.45, 7) is 0. The summed E-state index contributed by atoms with van der Waals surface area (Å²) in [7, 11) is 3.39. The van der Waals surface area contributed by atoms with E-state index >= 15 is 0 Å². The van der Waals surface area contributed by atoms with Crippen LogP contribution in [-0.2, 0) is 7.05 Å². The first-order chi connectivity index (χ1) is 15.6. The Morgan fingerprint density at radius 2 is 2.00 bits per heavy atom. The fourth-order valence-electron chi connectivity index (χ4n) is 3.87.